The quantitative estimate of drug-likeness (QED) is 0.696. The van der Waals surface area contributed by atoms with E-state index in [1.165, 1.54) is 0 Å². The van der Waals surface area contributed by atoms with E-state index >= 15 is 0 Å². The van der Waals surface area contributed by atoms with E-state index in [1.807, 2.05) is 18.2 Å². The number of amidine groups is 1. The molecule has 1 aliphatic heterocycles. The zero-order chi connectivity index (χ0) is 9.26. The summed E-state index contributed by atoms with van der Waals surface area (Å²) in [5.74, 6) is 0.917. The second-order valence-electron chi connectivity index (χ2n) is 3.37. The summed E-state index contributed by atoms with van der Waals surface area (Å²) in [6.45, 7) is 4.23. The fourth-order valence-corrected chi connectivity index (χ4v) is 1.33. The maximum Gasteiger partial charge on any atom is 0.147 e. The van der Waals surface area contributed by atoms with Crippen molar-refractivity contribution in [3.8, 4) is 0 Å². The predicted molar refractivity (Wildman–Crippen MR) is 52.8 cm³/mol. The average Bonchev–Trinajstić information content (AvgIpc) is 2.49. The zero-order valence-corrected chi connectivity index (χ0v) is 7.86. The molecule has 68 valence electrons. The lowest BCUT2D eigenvalue weighted by molar-refractivity contribution is 0.601. The van der Waals surface area contributed by atoms with Gasteiger partial charge in [-0.3, -0.25) is 9.98 Å². The summed E-state index contributed by atoms with van der Waals surface area (Å²) in [7, 11) is 0. The van der Waals surface area contributed by atoms with Crippen LogP contribution in [0.3, 0.4) is 0 Å². The topological polar surface area (TPSA) is 37.3 Å². The molecule has 3 nitrogen and oxygen atoms in total. The number of nitrogens with one attached hydrogen (secondary N) is 1. The largest absolute Gasteiger partial charge is 0.364 e. The van der Waals surface area contributed by atoms with Crippen LogP contribution in [0.25, 0.3) is 0 Å². The van der Waals surface area contributed by atoms with Crippen LogP contribution in [-0.2, 0) is 0 Å². The summed E-state index contributed by atoms with van der Waals surface area (Å²) < 4.78 is 0. The normalized spacial score (nSPS) is 26.8. The number of pyridine rings is 1. The number of aliphatic imine (C=N–C) groups is 1. The van der Waals surface area contributed by atoms with Crippen molar-refractivity contribution in [1.29, 1.82) is 0 Å². The SMILES string of the molecule is CC1N=C(c2ccccn2)NC1C. The molecule has 1 aromatic rings. The molecule has 0 saturated heterocycles. The monoisotopic (exact) mass is 175 g/mol. The third-order valence-electron chi connectivity index (χ3n) is 2.33. The second kappa shape index (κ2) is 3.17. The van der Waals surface area contributed by atoms with Crippen molar-refractivity contribution in [2.24, 2.45) is 4.99 Å². The Morgan fingerprint density at radius 2 is 2.15 bits per heavy atom. The maximum absolute atomic E-state index is 4.48. The first kappa shape index (κ1) is 8.23. The van der Waals surface area contributed by atoms with Gasteiger partial charge in [0.15, 0.2) is 0 Å². The molecule has 0 amide bonds. The van der Waals surface area contributed by atoms with Gasteiger partial charge >= 0.3 is 0 Å². The molecule has 2 atom stereocenters. The molecule has 0 aromatic carbocycles. The Morgan fingerprint density at radius 3 is 2.69 bits per heavy atom. The molecule has 0 saturated carbocycles. The molecule has 2 unspecified atom stereocenters. The van der Waals surface area contributed by atoms with Gasteiger partial charge in [0, 0.05) is 12.2 Å². The molecule has 0 bridgehead atoms. The van der Waals surface area contributed by atoms with E-state index in [-0.39, 0.29) is 0 Å². The molecular weight excluding hydrogens is 162 g/mol. The fraction of sp³-hybridized carbons (Fsp3) is 0.400. The van der Waals surface area contributed by atoms with Gasteiger partial charge in [-0.05, 0) is 26.0 Å². The summed E-state index contributed by atoms with van der Waals surface area (Å²) in [5.41, 5.74) is 0.929. The Kier molecular flexibility index (Phi) is 2.00. The second-order valence-corrected chi connectivity index (χ2v) is 3.37. The Labute approximate surface area is 77.9 Å². The average molecular weight is 175 g/mol. The van der Waals surface area contributed by atoms with Gasteiger partial charge in [-0.1, -0.05) is 6.07 Å². The highest BCUT2D eigenvalue weighted by atomic mass is 15.1. The minimum Gasteiger partial charge on any atom is -0.364 e. The number of hydrogen-bond donors (Lipinski definition) is 1. The van der Waals surface area contributed by atoms with E-state index in [0.717, 1.165) is 11.5 Å². The molecule has 1 aliphatic rings. The van der Waals surface area contributed by atoms with Crippen LogP contribution in [0.1, 0.15) is 19.5 Å². The number of rotatable bonds is 1. The third-order valence-corrected chi connectivity index (χ3v) is 2.33. The zero-order valence-electron chi connectivity index (χ0n) is 7.86. The number of hydrogen-bond acceptors (Lipinski definition) is 3. The van der Waals surface area contributed by atoms with Gasteiger partial charge < -0.3 is 5.32 Å². The highest BCUT2D eigenvalue weighted by Gasteiger charge is 2.21. The first-order chi connectivity index (χ1) is 6.27. The number of aromatic nitrogens is 1. The smallest absolute Gasteiger partial charge is 0.147 e. The highest BCUT2D eigenvalue weighted by molar-refractivity contribution is 5.98. The van der Waals surface area contributed by atoms with Crippen LogP contribution in [0.4, 0.5) is 0 Å². The van der Waals surface area contributed by atoms with Crippen LogP contribution < -0.4 is 5.32 Å². The molecule has 0 aliphatic carbocycles. The summed E-state index contributed by atoms with van der Waals surface area (Å²) >= 11 is 0. The Bertz CT molecular complexity index is 318. The molecular formula is C10H13N3. The number of nitrogens with zero attached hydrogens (tertiary/aromatic N) is 2. The summed E-state index contributed by atoms with van der Waals surface area (Å²) in [4.78, 5) is 8.72. The minimum absolute atomic E-state index is 0.344. The minimum atomic E-state index is 0.344. The lowest BCUT2D eigenvalue weighted by atomic mass is 10.2. The van der Waals surface area contributed by atoms with Crippen molar-refractivity contribution in [3.63, 3.8) is 0 Å². The lowest BCUT2D eigenvalue weighted by Gasteiger charge is -2.07. The molecule has 1 N–H and O–H groups in total. The first-order valence-corrected chi connectivity index (χ1v) is 4.53. The van der Waals surface area contributed by atoms with Gasteiger partial charge in [0.2, 0.25) is 0 Å². The molecule has 0 radical (unpaired) electrons. The van der Waals surface area contributed by atoms with Gasteiger partial charge in [0.05, 0.1) is 6.04 Å². The standard InChI is InChI=1S/C10H13N3/c1-7-8(2)13-10(12-7)9-5-3-4-6-11-9/h3-8H,1-2H3,(H,12,13). The van der Waals surface area contributed by atoms with E-state index in [9.17, 15) is 0 Å². The van der Waals surface area contributed by atoms with Gasteiger partial charge in [0.25, 0.3) is 0 Å². The molecule has 0 spiro atoms. The van der Waals surface area contributed by atoms with Crippen molar-refractivity contribution in [1.82, 2.24) is 10.3 Å². The summed E-state index contributed by atoms with van der Waals surface area (Å²) in [5, 5.41) is 3.31. The first-order valence-electron chi connectivity index (χ1n) is 4.53. The maximum atomic E-state index is 4.48. The van der Waals surface area contributed by atoms with E-state index in [1.54, 1.807) is 6.20 Å². The molecule has 0 fully saturated rings. The van der Waals surface area contributed by atoms with Crippen molar-refractivity contribution < 1.29 is 0 Å². The van der Waals surface area contributed by atoms with Crippen LogP contribution in [0, 0.1) is 0 Å². The van der Waals surface area contributed by atoms with E-state index < -0.39 is 0 Å². The molecule has 1 aromatic heterocycles. The Morgan fingerprint density at radius 1 is 1.31 bits per heavy atom. The van der Waals surface area contributed by atoms with Gasteiger partial charge in [-0.25, -0.2) is 0 Å². The molecule has 2 heterocycles. The van der Waals surface area contributed by atoms with Gasteiger partial charge in [-0.15, -0.1) is 0 Å². The van der Waals surface area contributed by atoms with Crippen molar-refractivity contribution in [2.75, 3.05) is 0 Å². The van der Waals surface area contributed by atoms with Crippen LogP contribution in [-0.4, -0.2) is 22.9 Å². The van der Waals surface area contributed by atoms with Crippen molar-refractivity contribution >= 4 is 5.84 Å². The van der Waals surface area contributed by atoms with E-state index in [0.29, 0.717) is 12.1 Å². The van der Waals surface area contributed by atoms with Crippen molar-refractivity contribution in [2.45, 2.75) is 25.9 Å². The molecule has 13 heavy (non-hydrogen) atoms. The fourth-order valence-electron chi connectivity index (χ4n) is 1.33. The molecule has 2 rings (SSSR count). The van der Waals surface area contributed by atoms with Crippen LogP contribution in [0.2, 0.25) is 0 Å². The summed E-state index contributed by atoms with van der Waals surface area (Å²) in [6.07, 6.45) is 1.78. The Balaban J connectivity index is 2.25. The van der Waals surface area contributed by atoms with Gasteiger partial charge in [-0.2, -0.15) is 0 Å². The van der Waals surface area contributed by atoms with Crippen LogP contribution >= 0.6 is 0 Å². The van der Waals surface area contributed by atoms with Gasteiger partial charge in [0.1, 0.15) is 11.5 Å². The van der Waals surface area contributed by atoms with E-state index in [2.05, 4.69) is 29.1 Å². The van der Waals surface area contributed by atoms with Crippen LogP contribution in [0.15, 0.2) is 29.4 Å². The Hall–Kier alpha value is -1.38. The van der Waals surface area contributed by atoms with E-state index in [4.69, 9.17) is 0 Å². The predicted octanol–water partition coefficient (Wildman–Crippen LogP) is 1.21. The lowest BCUT2D eigenvalue weighted by Crippen LogP contribution is -2.31. The van der Waals surface area contributed by atoms with Crippen LogP contribution in [0.5, 0.6) is 0 Å². The van der Waals surface area contributed by atoms with Crippen molar-refractivity contribution in [3.05, 3.63) is 30.1 Å². The third kappa shape index (κ3) is 1.54. The molecule has 3 heteroatoms. The highest BCUT2D eigenvalue weighted by Crippen LogP contribution is 2.09. The summed E-state index contributed by atoms with van der Waals surface area (Å²) in [6, 6.07) is 6.61.